The third-order valence-corrected chi connectivity index (χ3v) is 5.49. The molecule has 0 fully saturated rings. The van der Waals surface area contributed by atoms with E-state index in [0.717, 1.165) is 23.7 Å². The fraction of sp³-hybridized carbons (Fsp3) is 0.700. The van der Waals surface area contributed by atoms with E-state index in [1.165, 1.54) is 37.7 Å². The average Bonchev–Trinajstić information content (AvgIpc) is 2.38. The fourth-order valence-corrected chi connectivity index (χ4v) is 4.15. The first-order valence-electron chi connectivity index (χ1n) is 8.46. The third kappa shape index (κ3) is 3.65. The van der Waals surface area contributed by atoms with Gasteiger partial charge in [0, 0.05) is 0 Å². The van der Waals surface area contributed by atoms with E-state index in [4.69, 9.17) is 0 Å². The van der Waals surface area contributed by atoms with Crippen molar-refractivity contribution in [1.29, 1.82) is 0 Å². The summed E-state index contributed by atoms with van der Waals surface area (Å²) in [7, 11) is 0. The standard InChI is InChI=1S/C20H32/c1-14(2)7-6-8-16(4)19-12-10-17(5)18-11-9-15(3)13-20(18)19/h7,10,13,16,18-20H,6,8-9,11-12H2,1-5H3/t16-,18+,19+,20-/m1/s1. The zero-order chi connectivity index (χ0) is 14.7. The largest absolute Gasteiger partial charge is 0.0859 e. The highest BCUT2D eigenvalue weighted by atomic mass is 14.4. The molecule has 2 rings (SSSR count). The van der Waals surface area contributed by atoms with Gasteiger partial charge in [0.1, 0.15) is 0 Å². The molecule has 0 nitrogen and oxygen atoms in total. The van der Waals surface area contributed by atoms with E-state index in [9.17, 15) is 0 Å². The van der Waals surface area contributed by atoms with Gasteiger partial charge in [-0.2, -0.15) is 0 Å². The first kappa shape index (κ1) is 15.6. The lowest BCUT2D eigenvalue weighted by Crippen LogP contribution is -2.32. The summed E-state index contributed by atoms with van der Waals surface area (Å²) in [5, 5.41) is 0. The summed E-state index contributed by atoms with van der Waals surface area (Å²) in [4.78, 5) is 0. The molecule has 0 aromatic heterocycles. The molecule has 0 aliphatic heterocycles. The van der Waals surface area contributed by atoms with Crippen LogP contribution in [0.4, 0.5) is 0 Å². The van der Waals surface area contributed by atoms with Crippen LogP contribution in [-0.2, 0) is 0 Å². The Bertz CT molecular complexity index is 417. The van der Waals surface area contributed by atoms with Crippen molar-refractivity contribution in [3.8, 4) is 0 Å². The van der Waals surface area contributed by atoms with Gasteiger partial charge >= 0.3 is 0 Å². The molecular formula is C20H32. The maximum absolute atomic E-state index is 2.62. The summed E-state index contributed by atoms with van der Waals surface area (Å²) in [5.41, 5.74) is 4.75. The maximum atomic E-state index is 2.62. The van der Waals surface area contributed by atoms with Crippen LogP contribution in [-0.4, -0.2) is 0 Å². The number of hydrogen-bond donors (Lipinski definition) is 0. The lowest BCUT2D eigenvalue weighted by molar-refractivity contribution is 0.193. The predicted octanol–water partition coefficient (Wildman–Crippen LogP) is 6.31. The number of fused-ring (bicyclic) bond motifs is 1. The molecule has 112 valence electrons. The zero-order valence-electron chi connectivity index (χ0n) is 14.1. The number of allylic oxidation sites excluding steroid dienone is 6. The molecule has 0 radical (unpaired) electrons. The molecule has 0 spiro atoms. The zero-order valence-corrected chi connectivity index (χ0v) is 14.1. The van der Waals surface area contributed by atoms with Gasteiger partial charge < -0.3 is 0 Å². The van der Waals surface area contributed by atoms with Crippen LogP contribution in [0.5, 0.6) is 0 Å². The quantitative estimate of drug-likeness (QED) is 0.526. The first-order valence-corrected chi connectivity index (χ1v) is 8.46. The van der Waals surface area contributed by atoms with Crippen LogP contribution in [0, 0.1) is 23.7 Å². The van der Waals surface area contributed by atoms with E-state index in [1.54, 1.807) is 11.1 Å². The van der Waals surface area contributed by atoms with E-state index < -0.39 is 0 Å². The molecule has 0 unspecified atom stereocenters. The van der Waals surface area contributed by atoms with E-state index in [-0.39, 0.29) is 0 Å². The Balaban J connectivity index is 2.06. The number of hydrogen-bond acceptors (Lipinski definition) is 0. The molecule has 2 aliphatic rings. The summed E-state index contributed by atoms with van der Waals surface area (Å²) in [6.07, 6.45) is 14.1. The van der Waals surface area contributed by atoms with Gasteiger partial charge in [-0.15, -0.1) is 0 Å². The van der Waals surface area contributed by atoms with Crippen molar-refractivity contribution in [1.82, 2.24) is 0 Å². The Kier molecular flexibility index (Phi) is 5.29. The summed E-state index contributed by atoms with van der Waals surface area (Å²) in [6, 6.07) is 0. The Morgan fingerprint density at radius 3 is 2.80 bits per heavy atom. The van der Waals surface area contributed by atoms with Crippen LogP contribution < -0.4 is 0 Å². The van der Waals surface area contributed by atoms with Crippen LogP contribution in [0.15, 0.2) is 34.9 Å². The van der Waals surface area contributed by atoms with Crippen molar-refractivity contribution in [2.24, 2.45) is 23.7 Å². The highest BCUT2D eigenvalue weighted by Gasteiger charge is 2.36. The molecule has 4 atom stereocenters. The Hall–Kier alpha value is -0.780. The molecule has 0 aromatic rings. The van der Waals surface area contributed by atoms with Crippen molar-refractivity contribution in [3.63, 3.8) is 0 Å². The molecule has 2 aliphatic carbocycles. The monoisotopic (exact) mass is 272 g/mol. The Morgan fingerprint density at radius 2 is 2.10 bits per heavy atom. The van der Waals surface area contributed by atoms with Gasteiger partial charge in [-0.1, -0.05) is 41.9 Å². The molecule has 0 heteroatoms. The fourth-order valence-electron chi connectivity index (χ4n) is 4.15. The minimum Gasteiger partial charge on any atom is -0.0859 e. The topological polar surface area (TPSA) is 0 Å². The molecule has 0 heterocycles. The van der Waals surface area contributed by atoms with Crippen molar-refractivity contribution < 1.29 is 0 Å². The number of rotatable bonds is 4. The summed E-state index contributed by atoms with van der Waals surface area (Å²) < 4.78 is 0. The van der Waals surface area contributed by atoms with Crippen molar-refractivity contribution in [3.05, 3.63) is 34.9 Å². The van der Waals surface area contributed by atoms with Gasteiger partial charge in [0.15, 0.2) is 0 Å². The van der Waals surface area contributed by atoms with Gasteiger partial charge in [0.05, 0.1) is 0 Å². The van der Waals surface area contributed by atoms with Gasteiger partial charge in [0.25, 0.3) is 0 Å². The van der Waals surface area contributed by atoms with Crippen LogP contribution in [0.25, 0.3) is 0 Å². The maximum Gasteiger partial charge on any atom is -0.0131 e. The average molecular weight is 272 g/mol. The smallest absolute Gasteiger partial charge is 0.0131 e. The molecule has 20 heavy (non-hydrogen) atoms. The second kappa shape index (κ2) is 6.78. The van der Waals surface area contributed by atoms with Crippen LogP contribution in [0.2, 0.25) is 0 Å². The SMILES string of the molecule is CC(C)=CCC[C@@H](C)[C@@H]1CC=C(C)[C@@H]2CCC(C)=C[C@@H]12. The van der Waals surface area contributed by atoms with Crippen molar-refractivity contribution in [2.45, 2.75) is 66.7 Å². The van der Waals surface area contributed by atoms with Crippen LogP contribution in [0.3, 0.4) is 0 Å². The summed E-state index contributed by atoms with van der Waals surface area (Å²) in [5.74, 6) is 3.35. The normalized spacial score (nSPS) is 30.9. The van der Waals surface area contributed by atoms with Gasteiger partial charge in [-0.25, -0.2) is 0 Å². The van der Waals surface area contributed by atoms with Gasteiger partial charge in [-0.05, 0) is 83.5 Å². The van der Waals surface area contributed by atoms with Crippen LogP contribution >= 0.6 is 0 Å². The van der Waals surface area contributed by atoms with E-state index in [2.05, 4.69) is 52.8 Å². The summed E-state index contributed by atoms with van der Waals surface area (Å²) >= 11 is 0. The predicted molar refractivity (Wildman–Crippen MR) is 89.7 cm³/mol. The second-order valence-corrected chi connectivity index (χ2v) is 7.42. The molecular weight excluding hydrogens is 240 g/mol. The van der Waals surface area contributed by atoms with Crippen molar-refractivity contribution >= 4 is 0 Å². The van der Waals surface area contributed by atoms with Gasteiger partial charge in [-0.3, -0.25) is 0 Å². The minimum absolute atomic E-state index is 0.815. The third-order valence-electron chi connectivity index (χ3n) is 5.49. The minimum atomic E-state index is 0.815. The lowest BCUT2D eigenvalue weighted by atomic mass is 9.63. The molecule has 0 saturated heterocycles. The van der Waals surface area contributed by atoms with E-state index in [0.29, 0.717) is 0 Å². The molecule has 0 aromatic carbocycles. The molecule has 0 saturated carbocycles. The lowest BCUT2D eigenvalue weighted by Gasteiger charge is -2.42. The molecule has 0 amide bonds. The Morgan fingerprint density at radius 1 is 1.35 bits per heavy atom. The Labute approximate surface area is 126 Å². The van der Waals surface area contributed by atoms with E-state index in [1.807, 2.05) is 0 Å². The highest BCUT2D eigenvalue weighted by molar-refractivity contribution is 5.21. The first-order chi connectivity index (χ1) is 9.49. The molecule has 0 bridgehead atoms. The van der Waals surface area contributed by atoms with E-state index >= 15 is 0 Å². The second-order valence-electron chi connectivity index (χ2n) is 7.42. The van der Waals surface area contributed by atoms with Crippen LogP contribution in [0.1, 0.15) is 66.7 Å². The summed E-state index contributed by atoms with van der Waals surface area (Å²) in [6.45, 7) is 11.6. The molecule has 0 N–H and O–H groups in total. The van der Waals surface area contributed by atoms with Crippen molar-refractivity contribution in [2.75, 3.05) is 0 Å². The van der Waals surface area contributed by atoms with Gasteiger partial charge in [0.2, 0.25) is 0 Å². The highest BCUT2D eigenvalue weighted by Crippen LogP contribution is 2.46.